The second-order valence-electron chi connectivity index (χ2n) is 7.40. The number of benzene rings is 1. The molecule has 1 aromatic carbocycles. The molecule has 7 heteroatoms. The van der Waals surface area contributed by atoms with E-state index in [4.69, 9.17) is 12.2 Å². The van der Waals surface area contributed by atoms with Crippen LogP contribution in [0.2, 0.25) is 0 Å². The summed E-state index contributed by atoms with van der Waals surface area (Å²) in [6.45, 7) is 0.739. The molecule has 1 aliphatic rings. The first kappa shape index (κ1) is 19.9. The molecule has 0 radical (unpaired) electrons. The molecule has 0 spiro atoms. The molecule has 0 bridgehead atoms. The predicted molar refractivity (Wildman–Crippen MR) is 130 cm³/mol. The Hall–Kier alpha value is -3.03. The monoisotopic (exact) mass is 489 g/mol. The number of pyridine rings is 2. The zero-order chi connectivity index (χ0) is 21.2. The van der Waals surface area contributed by atoms with E-state index in [0.29, 0.717) is 5.11 Å². The SMILES string of the molecule is S=C1N[C@@H](c2ccccn2)[C@@H](c2cccn2Cc2cccnc2)N1c1ccc(Br)cc1. The number of nitrogens with zero attached hydrogens (tertiary/aromatic N) is 4. The molecule has 1 saturated heterocycles. The highest BCUT2D eigenvalue weighted by Crippen LogP contribution is 2.41. The summed E-state index contributed by atoms with van der Waals surface area (Å²) in [6, 6.07) is 22.4. The molecule has 4 heterocycles. The first-order valence-corrected chi connectivity index (χ1v) is 11.2. The highest BCUT2D eigenvalue weighted by atomic mass is 79.9. The molecule has 1 aliphatic heterocycles. The fraction of sp³-hybridized carbons (Fsp3) is 0.125. The van der Waals surface area contributed by atoms with Gasteiger partial charge in [0.05, 0.1) is 11.7 Å². The van der Waals surface area contributed by atoms with Gasteiger partial charge in [0.25, 0.3) is 0 Å². The molecule has 1 N–H and O–H groups in total. The lowest BCUT2D eigenvalue weighted by Crippen LogP contribution is -2.30. The summed E-state index contributed by atoms with van der Waals surface area (Å²) in [5.41, 5.74) is 4.31. The van der Waals surface area contributed by atoms with E-state index in [1.54, 1.807) is 6.20 Å². The van der Waals surface area contributed by atoms with Crippen molar-refractivity contribution in [2.24, 2.45) is 0 Å². The van der Waals surface area contributed by atoms with Crippen molar-refractivity contribution < 1.29 is 0 Å². The van der Waals surface area contributed by atoms with Crippen molar-refractivity contribution in [2.45, 2.75) is 18.6 Å². The second-order valence-corrected chi connectivity index (χ2v) is 8.70. The Balaban J connectivity index is 1.60. The minimum Gasteiger partial charge on any atom is -0.351 e. The normalized spacial score (nSPS) is 18.2. The molecule has 3 aromatic heterocycles. The predicted octanol–water partition coefficient (Wildman–Crippen LogP) is 5.27. The summed E-state index contributed by atoms with van der Waals surface area (Å²) in [4.78, 5) is 11.1. The van der Waals surface area contributed by atoms with Gasteiger partial charge in [0.2, 0.25) is 0 Å². The number of hydrogen-bond donors (Lipinski definition) is 1. The van der Waals surface area contributed by atoms with Gasteiger partial charge in [0, 0.05) is 47.2 Å². The average Bonchev–Trinajstić information content (AvgIpc) is 3.39. The first-order valence-electron chi connectivity index (χ1n) is 10.0. The van der Waals surface area contributed by atoms with Gasteiger partial charge in [-0.1, -0.05) is 28.1 Å². The molecule has 0 amide bonds. The highest BCUT2D eigenvalue weighted by molar-refractivity contribution is 9.10. The number of rotatable bonds is 5. The van der Waals surface area contributed by atoms with E-state index < -0.39 is 0 Å². The van der Waals surface area contributed by atoms with E-state index in [-0.39, 0.29) is 12.1 Å². The van der Waals surface area contributed by atoms with Crippen LogP contribution in [0.25, 0.3) is 0 Å². The average molecular weight is 490 g/mol. The van der Waals surface area contributed by atoms with Gasteiger partial charge in [-0.2, -0.15) is 0 Å². The fourth-order valence-electron chi connectivity index (χ4n) is 4.06. The number of nitrogens with one attached hydrogen (secondary N) is 1. The first-order chi connectivity index (χ1) is 15.2. The van der Waals surface area contributed by atoms with Crippen LogP contribution in [-0.2, 0) is 6.54 Å². The van der Waals surface area contributed by atoms with Gasteiger partial charge in [-0.15, -0.1) is 0 Å². The molecule has 0 aliphatic carbocycles. The van der Waals surface area contributed by atoms with Crippen LogP contribution in [0.1, 0.15) is 29.0 Å². The van der Waals surface area contributed by atoms with E-state index >= 15 is 0 Å². The number of hydrogen-bond acceptors (Lipinski definition) is 3. The Morgan fingerprint density at radius 1 is 0.968 bits per heavy atom. The minimum absolute atomic E-state index is 0.0461. The van der Waals surface area contributed by atoms with E-state index in [2.05, 4.69) is 77.2 Å². The molecule has 31 heavy (non-hydrogen) atoms. The maximum Gasteiger partial charge on any atom is 0.174 e. The van der Waals surface area contributed by atoms with Crippen LogP contribution < -0.4 is 10.2 Å². The number of aromatic nitrogens is 3. The van der Waals surface area contributed by atoms with Crippen molar-refractivity contribution in [3.63, 3.8) is 0 Å². The molecule has 0 saturated carbocycles. The maximum atomic E-state index is 5.81. The quantitative estimate of drug-likeness (QED) is 0.387. The lowest BCUT2D eigenvalue weighted by atomic mass is 10.0. The van der Waals surface area contributed by atoms with Gasteiger partial charge in [-0.05, 0) is 72.4 Å². The molecule has 0 unspecified atom stereocenters. The van der Waals surface area contributed by atoms with Crippen LogP contribution >= 0.6 is 28.1 Å². The Bertz CT molecular complexity index is 1180. The topological polar surface area (TPSA) is 46.0 Å². The summed E-state index contributed by atoms with van der Waals surface area (Å²) in [5, 5.41) is 4.21. The van der Waals surface area contributed by atoms with Crippen LogP contribution in [-0.4, -0.2) is 19.6 Å². The van der Waals surface area contributed by atoms with Gasteiger partial charge in [-0.25, -0.2) is 0 Å². The van der Waals surface area contributed by atoms with E-state index in [9.17, 15) is 0 Å². The summed E-state index contributed by atoms with van der Waals surface area (Å²) in [7, 11) is 0. The maximum absolute atomic E-state index is 5.81. The zero-order valence-electron chi connectivity index (χ0n) is 16.6. The Morgan fingerprint density at radius 2 is 1.84 bits per heavy atom. The van der Waals surface area contributed by atoms with Crippen LogP contribution in [0.15, 0.2) is 96.0 Å². The Morgan fingerprint density at radius 3 is 2.58 bits per heavy atom. The molecule has 2 atom stereocenters. The van der Waals surface area contributed by atoms with Gasteiger partial charge >= 0.3 is 0 Å². The second kappa shape index (κ2) is 8.61. The van der Waals surface area contributed by atoms with Gasteiger partial charge in [0.1, 0.15) is 6.04 Å². The third-order valence-electron chi connectivity index (χ3n) is 5.45. The van der Waals surface area contributed by atoms with E-state index in [0.717, 1.165) is 33.7 Å². The molecule has 4 aromatic rings. The van der Waals surface area contributed by atoms with Gasteiger partial charge in [0.15, 0.2) is 5.11 Å². The van der Waals surface area contributed by atoms with Crippen molar-refractivity contribution in [3.05, 3.63) is 113 Å². The highest BCUT2D eigenvalue weighted by Gasteiger charge is 2.41. The van der Waals surface area contributed by atoms with Gasteiger partial charge in [-0.3, -0.25) is 9.97 Å². The van der Waals surface area contributed by atoms with Crippen molar-refractivity contribution >= 4 is 38.9 Å². The summed E-state index contributed by atoms with van der Waals surface area (Å²) >= 11 is 9.35. The minimum atomic E-state index is -0.0695. The van der Waals surface area contributed by atoms with Crippen molar-refractivity contribution in [2.75, 3.05) is 4.90 Å². The van der Waals surface area contributed by atoms with Crippen LogP contribution in [0, 0.1) is 0 Å². The molecular weight excluding hydrogens is 470 g/mol. The van der Waals surface area contributed by atoms with Crippen molar-refractivity contribution in [1.29, 1.82) is 0 Å². The lowest BCUT2D eigenvalue weighted by molar-refractivity contribution is 0.533. The summed E-state index contributed by atoms with van der Waals surface area (Å²) < 4.78 is 3.30. The van der Waals surface area contributed by atoms with Gasteiger partial charge < -0.3 is 14.8 Å². The number of anilines is 1. The third kappa shape index (κ3) is 3.98. The number of halogens is 1. The Labute approximate surface area is 194 Å². The lowest BCUT2D eigenvalue weighted by Gasteiger charge is -2.29. The summed E-state index contributed by atoms with van der Waals surface area (Å²) in [6.07, 6.45) is 7.64. The molecular formula is C24H20BrN5S. The fourth-order valence-corrected chi connectivity index (χ4v) is 4.67. The zero-order valence-corrected chi connectivity index (χ0v) is 19.0. The van der Waals surface area contributed by atoms with Crippen LogP contribution in [0.4, 0.5) is 5.69 Å². The largest absolute Gasteiger partial charge is 0.351 e. The van der Waals surface area contributed by atoms with E-state index in [1.165, 1.54) is 0 Å². The molecule has 1 fully saturated rings. The smallest absolute Gasteiger partial charge is 0.174 e. The molecule has 154 valence electrons. The third-order valence-corrected chi connectivity index (χ3v) is 6.29. The number of thiocarbonyl (C=S) groups is 1. The Kier molecular flexibility index (Phi) is 5.53. The van der Waals surface area contributed by atoms with Crippen LogP contribution in [0.3, 0.4) is 0 Å². The molecule has 5 nitrogen and oxygen atoms in total. The standard InChI is InChI=1S/C24H20BrN5S/c25-18-8-10-19(11-9-18)30-23(22(28-24(30)31)20-6-1-2-13-27-20)21-7-4-14-29(21)16-17-5-3-12-26-15-17/h1-15,22-23H,16H2,(H,28,31)/t22-,23+/m0/s1. The summed E-state index contributed by atoms with van der Waals surface area (Å²) in [5.74, 6) is 0. The van der Waals surface area contributed by atoms with E-state index in [1.807, 2.05) is 48.8 Å². The van der Waals surface area contributed by atoms with Crippen molar-refractivity contribution in [3.8, 4) is 0 Å². The van der Waals surface area contributed by atoms with Crippen molar-refractivity contribution in [1.82, 2.24) is 19.9 Å². The molecule has 5 rings (SSSR count). The van der Waals surface area contributed by atoms with Crippen LogP contribution in [0.5, 0.6) is 0 Å².